The van der Waals surface area contributed by atoms with Gasteiger partial charge in [-0.3, -0.25) is 0 Å². The smallest absolute Gasteiger partial charge is 0.209 e. The van der Waals surface area contributed by atoms with Gasteiger partial charge in [-0.1, -0.05) is 131 Å². The molecule has 2 nitrogen and oxygen atoms in total. The van der Waals surface area contributed by atoms with Gasteiger partial charge in [-0.15, -0.1) is 0 Å². The van der Waals surface area contributed by atoms with Crippen LogP contribution in [-0.4, -0.2) is 23.4 Å². The van der Waals surface area contributed by atoms with Gasteiger partial charge in [0.05, 0.1) is 5.41 Å². The number of fused-ring (bicyclic) bond motifs is 2. The Kier molecular flexibility index (Phi) is 10.4. The van der Waals surface area contributed by atoms with Crippen LogP contribution < -0.4 is 4.90 Å². The van der Waals surface area contributed by atoms with E-state index in [0.29, 0.717) is 0 Å². The molecule has 0 spiro atoms. The average Bonchev–Trinajstić information content (AvgIpc) is 3.64. The third kappa shape index (κ3) is 7.00. The number of nitrogens with zero attached hydrogens (tertiary/aromatic N) is 2. The van der Waals surface area contributed by atoms with Gasteiger partial charge in [0.15, 0.2) is 5.71 Å². The molecule has 0 unspecified atom stereocenters. The van der Waals surface area contributed by atoms with Gasteiger partial charge in [-0.05, 0) is 93.7 Å². The molecule has 0 radical (unpaired) electrons. The molecule has 2 heterocycles. The van der Waals surface area contributed by atoms with E-state index in [1.54, 1.807) is 0 Å². The molecule has 7 rings (SSSR count). The number of benzene rings is 2. The van der Waals surface area contributed by atoms with Crippen LogP contribution >= 0.6 is 11.6 Å². The number of hydrogen-bond donors (Lipinski definition) is 0. The van der Waals surface area contributed by atoms with Crippen LogP contribution in [0.3, 0.4) is 0 Å². The van der Waals surface area contributed by atoms with E-state index in [9.17, 15) is 0 Å². The van der Waals surface area contributed by atoms with Crippen molar-refractivity contribution in [1.29, 1.82) is 0 Å². The van der Waals surface area contributed by atoms with E-state index in [1.807, 2.05) is 0 Å². The highest BCUT2D eigenvalue weighted by atomic mass is 35.5. The summed E-state index contributed by atoms with van der Waals surface area (Å²) in [7, 11) is 0. The monoisotopic (exact) mass is 689 g/mol. The molecule has 0 N–H and O–H groups in total. The minimum Gasteiger partial charge on any atom is -0.344 e. The Bertz CT molecular complexity index is 1750. The molecule has 0 aromatic heterocycles. The fourth-order valence-electron chi connectivity index (χ4n) is 10.0. The van der Waals surface area contributed by atoms with Gasteiger partial charge < -0.3 is 4.90 Å². The van der Waals surface area contributed by atoms with Crippen molar-refractivity contribution in [2.24, 2.45) is 11.8 Å². The molecule has 5 aliphatic rings. The SMILES string of the molecule is Cc1ccc2c(c1)C(C)(C)C(=C/C=C1\CCC(/C=C/C3=[N+](CCC4CCCCC4)c4ccc(C)cc4C3(C)C)=C1Cl)N2CCC1CCCCC1. The maximum atomic E-state index is 7.27. The van der Waals surface area contributed by atoms with Gasteiger partial charge in [-0.25, -0.2) is 0 Å². The molecule has 3 heteroatoms. The number of rotatable bonds is 9. The summed E-state index contributed by atoms with van der Waals surface area (Å²) in [4.78, 5) is 2.65. The molecule has 0 bridgehead atoms. The Morgan fingerprint density at radius 1 is 0.740 bits per heavy atom. The summed E-state index contributed by atoms with van der Waals surface area (Å²) in [6.45, 7) is 16.3. The quantitative estimate of drug-likeness (QED) is 0.238. The number of hydrogen-bond acceptors (Lipinski definition) is 1. The van der Waals surface area contributed by atoms with Crippen LogP contribution in [0.25, 0.3) is 0 Å². The fraction of sp³-hybridized carbons (Fsp3) is 0.553. The Labute approximate surface area is 309 Å². The average molecular weight is 690 g/mol. The molecule has 0 atom stereocenters. The summed E-state index contributed by atoms with van der Waals surface area (Å²) in [6, 6.07) is 14.2. The van der Waals surface area contributed by atoms with Gasteiger partial charge in [0.1, 0.15) is 6.54 Å². The standard InChI is InChI=1S/C47H62ClN2/c1-33-17-23-41-39(31-33)46(3,4)43(49(41)29-27-35-13-9-7-10-14-35)25-21-37-19-20-38(45(37)48)22-26-44-47(5,6)40-32-34(2)18-24-42(40)50(44)30-28-36-15-11-8-12-16-36/h17-18,21-26,31-32,35-36H,7-16,19-20,27-30H2,1-6H3/q+1. The Hall–Kier alpha value is -2.84. The normalized spacial score (nSPS) is 24.0. The first-order valence-corrected chi connectivity index (χ1v) is 20.5. The zero-order valence-corrected chi connectivity index (χ0v) is 32.8. The van der Waals surface area contributed by atoms with Crippen molar-refractivity contribution in [1.82, 2.24) is 0 Å². The molecule has 2 aliphatic heterocycles. The summed E-state index contributed by atoms with van der Waals surface area (Å²) in [5.41, 5.74) is 13.7. The first kappa shape index (κ1) is 35.6. The highest BCUT2D eigenvalue weighted by Gasteiger charge is 2.44. The third-order valence-electron chi connectivity index (χ3n) is 13.2. The van der Waals surface area contributed by atoms with Crippen LogP contribution in [0.2, 0.25) is 0 Å². The lowest BCUT2D eigenvalue weighted by Crippen LogP contribution is -2.28. The topological polar surface area (TPSA) is 6.25 Å². The van der Waals surface area contributed by atoms with E-state index >= 15 is 0 Å². The van der Waals surface area contributed by atoms with Crippen LogP contribution in [0.4, 0.5) is 11.4 Å². The molecular formula is C47H62ClN2+. The predicted molar refractivity (Wildman–Crippen MR) is 215 cm³/mol. The first-order valence-electron chi connectivity index (χ1n) is 20.2. The predicted octanol–water partition coefficient (Wildman–Crippen LogP) is 13.1. The van der Waals surface area contributed by atoms with Crippen molar-refractivity contribution in [2.45, 2.75) is 142 Å². The minimum atomic E-state index is -0.0400. The molecule has 2 saturated carbocycles. The molecular weight excluding hydrogens is 628 g/mol. The summed E-state index contributed by atoms with van der Waals surface area (Å²) < 4.78 is 2.65. The molecule has 266 valence electrons. The third-order valence-corrected chi connectivity index (χ3v) is 13.7. The Balaban J connectivity index is 1.16. The summed E-state index contributed by atoms with van der Waals surface area (Å²) in [5, 5.41) is 0.953. The van der Waals surface area contributed by atoms with Crippen LogP contribution in [-0.2, 0) is 10.8 Å². The highest BCUT2D eigenvalue weighted by molar-refractivity contribution is 6.33. The number of aryl methyl sites for hydroxylation is 2. The van der Waals surface area contributed by atoms with E-state index < -0.39 is 0 Å². The maximum Gasteiger partial charge on any atom is 0.209 e. The molecule has 2 aromatic carbocycles. The van der Waals surface area contributed by atoms with E-state index in [4.69, 9.17) is 11.6 Å². The molecule has 2 aromatic rings. The number of anilines is 1. The molecule has 0 saturated heterocycles. The minimum absolute atomic E-state index is 0.0400. The second kappa shape index (κ2) is 14.7. The summed E-state index contributed by atoms with van der Waals surface area (Å²) >= 11 is 7.27. The van der Waals surface area contributed by atoms with E-state index in [0.717, 1.165) is 42.8 Å². The molecule has 0 amide bonds. The zero-order chi connectivity index (χ0) is 35.0. The number of allylic oxidation sites excluding steroid dienone is 8. The largest absolute Gasteiger partial charge is 0.344 e. The van der Waals surface area contributed by atoms with Crippen molar-refractivity contribution < 1.29 is 4.58 Å². The lowest BCUT2D eigenvalue weighted by molar-refractivity contribution is -0.439. The zero-order valence-electron chi connectivity index (χ0n) is 32.0. The van der Waals surface area contributed by atoms with Crippen molar-refractivity contribution in [3.63, 3.8) is 0 Å². The maximum absolute atomic E-state index is 7.27. The second-order valence-corrected chi connectivity index (χ2v) is 17.9. The molecule has 50 heavy (non-hydrogen) atoms. The van der Waals surface area contributed by atoms with E-state index in [1.165, 1.54) is 133 Å². The Morgan fingerprint density at radius 3 is 2.08 bits per heavy atom. The Morgan fingerprint density at radius 2 is 1.38 bits per heavy atom. The van der Waals surface area contributed by atoms with Crippen molar-refractivity contribution in [3.8, 4) is 0 Å². The first-order chi connectivity index (χ1) is 24.0. The van der Waals surface area contributed by atoms with Crippen LogP contribution in [0, 0.1) is 25.7 Å². The van der Waals surface area contributed by atoms with Crippen LogP contribution in [0.5, 0.6) is 0 Å². The van der Waals surface area contributed by atoms with Gasteiger partial charge in [0.25, 0.3) is 0 Å². The summed E-state index contributed by atoms with van der Waals surface area (Å²) in [6.07, 6.45) is 28.2. The van der Waals surface area contributed by atoms with Gasteiger partial charge >= 0.3 is 0 Å². The van der Waals surface area contributed by atoms with Crippen molar-refractivity contribution in [2.75, 3.05) is 18.0 Å². The highest BCUT2D eigenvalue weighted by Crippen LogP contribution is 2.49. The number of halogens is 1. The lowest BCUT2D eigenvalue weighted by atomic mass is 9.80. The van der Waals surface area contributed by atoms with Crippen molar-refractivity contribution >= 4 is 28.7 Å². The second-order valence-electron chi connectivity index (χ2n) is 17.5. The van der Waals surface area contributed by atoms with E-state index in [2.05, 4.69) is 112 Å². The summed E-state index contributed by atoms with van der Waals surface area (Å²) in [5.74, 6) is 1.73. The molecule has 2 fully saturated rings. The van der Waals surface area contributed by atoms with E-state index in [-0.39, 0.29) is 10.8 Å². The van der Waals surface area contributed by atoms with Crippen LogP contribution in [0.15, 0.2) is 82.6 Å². The fourth-order valence-corrected chi connectivity index (χ4v) is 10.3. The van der Waals surface area contributed by atoms with Gasteiger partial charge in [0.2, 0.25) is 5.69 Å². The van der Waals surface area contributed by atoms with Gasteiger partial charge in [-0.2, -0.15) is 4.58 Å². The van der Waals surface area contributed by atoms with Gasteiger partial charge in [0, 0.05) is 52.5 Å². The van der Waals surface area contributed by atoms with Crippen LogP contribution in [0.1, 0.15) is 140 Å². The van der Waals surface area contributed by atoms with Crippen molar-refractivity contribution in [3.05, 3.63) is 105 Å². The lowest BCUT2D eigenvalue weighted by Gasteiger charge is -2.29. The molecule has 3 aliphatic carbocycles.